The maximum absolute atomic E-state index is 12.8. The molecule has 1 aromatic carbocycles. The lowest BCUT2D eigenvalue weighted by atomic mass is 10.0. The largest absolute Gasteiger partial charge is 0.479 e. The number of carboxylic acid groups (broad SMARTS) is 1. The van der Waals surface area contributed by atoms with Gasteiger partial charge in [-0.25, -0.2) is 18.4 Å². The van der Waals surface area contributed by atoms with Crippen molar-refractivity contribution in [1.82, 2.24) is 4.90 Å². The third kappa shape index (κ3) is 5.19. The second-order valence-electron chi connectivity index (χ2n) is 5.98. The van der Waals surface area contributed by atoms with E-state index in [2.05, 4.69) is 0 Å². The fourth-order valence-corrected chi connectivity index (χ4v) is 2.06. The molecule has 0 aliphatic carbocycles. The number of halogens is 2. The van der Waals surface area contributed by atoms with Crippen molar-refractivity contribution in [3.8, 4) is 0 Å². The van der Waals surface area contributed by atoms with Gasteiger partial charge in [-0.2, -0.15) is 0 Å². The first-order valence-corrected chi connectivity index (χ1v) is 7.17. The van der Waals surface area contributed by atoms with Crippen LogP contribution in [0.3, 0.4) is 0 Å². The quantitative estimate of drug-likeness (QED) is 0.886. The molecule has 0 aromatic heterocycles. The molecule has 128 valence electrons. The van der Waals surface area contributed by atoms with Crippen molar-refractivity contribution < 1.29 is 28.2 Å². The SMILES string of the molecule is CCN(C(=O)OC(C)(C)C)C(C(=O)O)c1cccc(C(F)F)c1. The Hall–Kier alpha value is -2.18. The minimum Gasteiger partial charge on any atom is -0.479 e. The number of alkyl halides is 2. The van der Waals surface area contributed by atoms with E-state index >= 15 is 0 Å². The zero-order chi connectivity index (χ0) is 17.8. The summed E-state index contributed by atoms with van der Waals surface area (Å²) in [4.78, 5) is 24.8. The van der Waals surface area contributed by atoms with Crippen LogP contribution in [0.1, 0.15) is 51.3 Å². The fourth-order valence-electron chi connectivity index (χ4n) is 2.06. The lowest BCUT2D eigenvalue weighted by Gasteiger charge is -2.31. The van der Waals surface area contributed by atoms with E-state index in [-0.39, 0.29) is 17.7 Å². The second-order valence-corrected chi connectivity index (χ2v) is 5.98. The van der Waals surface area contributed by atoms with Gasteiger partial charge < -0.3 is 9.84 Å². The first kappa shape index (κ1) is 18.9. The molecule has 0 aliphatic rings. The van der Waals surface area contributed by atoms with Gasteiger partial charge in [0.15, 0.2) is 6.04 Å². The van der Waals surface area contributed by atoms with Crippen molar-refractivity contribution in [1.29, 1.82) is 0 Å². The Morgan fingerprint density at radius 3 is 2.26 bits per heavy atom. The van der Waals surface area contributed by atoms with Crippen LogP contribution >= 0.6 is 0 Å². The van der Waals surface area contributed by atoms with E-state index in [0.717, 1.165) is 11.0 Å². The molecule has 0 radical (unpaired) electrons. The summed E-state index contributed by atoms with van der Waals surface area (Å²) >= 11 is 0. The highest BCUT2D eigenvalue weighted by Gasteiger charge is 2.33. The summed E-state index contributed by atoms with van der Waals surface area (Å²) in [6, 6.07) is 3.65. The number of aliphatic carboxylic acids is 1. The van der Waals surface area contributed by atoms with Gasteiger partial charge in [-0.3, -0.25) is 4.90 Å². The smallest absolute Gasteiger partial charge is 0.411 e. The summed E-state index contributed by atoms with van der Waals surface area (Å²) in [5.41, 5.74) is -0.990. The Balaban J connectivity index is 3.20. The Labute approximate surface area is 133 Å². The average Bonchev–Trinajstić information content (AvgIpc) is 2.42. The number of benzene rings is 1. The predicted molar refractivity (Wildman–Crippen MR) is 80.4 cm³/mol. The predicted octanol–water partition coefficient (Wildman–Crippen LogP) is 4.01. The van der Waals surface area contributed by atoms with Crippen LogP contribution in [-0.4, -0.2) is 34.2 Å². The number of carboxylic acids is 1. The molecule has 1 N–H and O–H groups in total. The van der Waals surface area contributed by atoms with E-state index in [9.17, 15) is 23.5 Å². The van der Waals surface area contributed by atoms with Crippen LogP contribution in [0.25, 0.3) is 0 Å². The molecule has 1 rings (SSSR count). The van der Waals surface area contributed by atoms with Gasteiger partial charge in [0.05, 0.1) is 0 Å². The number of carbonyl (C=O) groups is 2. The number of amides is 1. The number of ether oxygens (including phenoxy) is 1. The molecule has 0 saturated heterocycles. The van der Waals surface area contributed by atoms with E-state index < -0.39 is 30.1 Å². The third-order valence-electron chi connectivity index (χ3n) is 2.99. The molecule has 0 bridgehead atoms. The number of hydrogen-bond acceptors (Lipinski definition) is 3. The van der Waals surface area contributed by atoms with E-state index in [1.54, 1.807) is 27.7 Å². The summed E-state index contributed by atoms with van der Waals surface area (Å²) in [5.74, 6) is -1.32. The van der Waals surface area contributed by atoms with Crippen molar-refractivity contribution >= 4 is 12.1 Å². The minimum atomic E-state index is -2.72. The van der Waals surface area contributed by atoms with Crippen molar-refractivity contribution in [2.75, 3.05) is 6.54 Å². The molecular weight excluding hydrogens is 308 g/mol. The van der Waals surface area contributed by atoms with Crippen LogP contribution in [0.4, 0.5) is 13.6 Å². The number of likely N-dealkylation sites (N-methyl/N-ethyl adjacent to an activating group) is 1. The Morgan fingerprint density at radius 2 is 1.83 bits per heavy atom. The summed E-state index contributed by atoms with van der Waals surface area (Å²) in [7, 11) is 0. The Morgan fingerprint density at radius 1 is 1.26 bits per heavy atom. The third-order valence-corrected chi connectivity index (χ3v) is 2.99. The molecule has 1 aromatic rings. The average molecular weight is 329 g/mol. The summed E-state index contributed by atoms with van der Waals surface area (Å²) in [5, 5.41) is 9.47. The van der Waals surface area contributed by atoms with Crippen LogP contribution in [-0.2, 0) is 9.53 Å². The van der Waals surface area contributed by atoms with Gasteiger partial charge in [0.2, 0.25) is 0 Å². The van der Waals surface area contributed by atoms with Gasteiger partial charge in [-0.15, -0.1) is 0 Å². The van der Waals surface area contributed by atoms with Crippen LogP contribution in [0, 0.1) is 0 Å². The van der Waals surface area contributed by atoms with Gasteiger partial charge in [0.25, 0.3) is 6.43 Å². The molecule has 1 amide bonds. The number of nitrogens with zero attached hydrogens (tertiary/aromatic N) is 1. The molecular formula is C16H21F2NO4. The Kier molecular flexibility index (Phi) is 6.06. The first-order chi connectivity index (χ1) is 10.6. The molecule has 5 nitrogen and oxygen atoms in total. The maximum Gasteiger partial charge on any atom is 0.411 e. The molecule has 7 heteroatoms. The van der Waals surface area contributed by atoms with Gasteiger partial charge in [0.1, 0.15) is 5.60 Å². The number of hydrogen-bond donors (Lipinski definition) is 1. The lowest BCUT2D eigenvalue weighted by molar-refractivity contribution is -0.143. The molecule has 23 heavy (non-hydrogen) atoms. The van der Waals surface area contributed by atoms with Gasteiger partial charge in [-0.1, -0.05) is 18.2 Å². The highest BCUT2D eigenvalue weighted by Crippen LogP contribution is 2.27. The molecule has 0 spiro atoms. The van der Waals surface area contributed by atoms with Crippen molar-refractivity contribution in [3.05, 3.63) is 35.4 Å². The zero-order valence-electron chi connectivity index (χ0n) is 13.5. The minimum absolute atomic E-state index is 0.0603. The normalized spacial score (nSPS) is 12.8. The fraction of sp³-hybridized carbons (Fsp3) is 0.500. The van der Waals surface area contributed by atoms with Crippen LogP contribution in [0.5, 0.6) is 0 Å². The number of rotatable bonds is 5. The van der Waals surface area contributed by atoms with Crippen LogP contribution < -0.4 is 0 Å². The monoisotopic (exact) mass is 329 g/mol. The summed E-state index contributed by atoms with van der Waals surface area (Å²) in [6.07, 6.45) is -3.53. The lowest BCUT2D eigenvalue weighted by Crippen LogP contribution is -2.42. The van der Waals surface area contributed by atoms with E-state index in [1.165, 1.54) is 18.2 Å². The van der Waals surface area contributed by atoms with E-state index in [4.69, 9.17) is 4.74 Å². The molecule has 0 heterocycles. The van der Waals surface area contributed by atoms with Crippen LogP contribution in [0.2, 0.25) is 0 Å². The van der Waals surface area contributed by atoms with Crippen molar-refractivity contribution in [2.24, 2.45) is 0 Å². The second kappa shape index (κ2) is 7.39. The first-order valence-electron chi connectivity index (χ1n) is 7.17. The summed E-state index contributed by atoms with van der Waals surface area (Å²) in [6.45, 7) is 6.63. The topological polar surface area (TPSA) is 66.8 Å². The zero-order valence-corrected chi connectivity index (χ0v) is 13.5. The van der Waals surface area contributed by atoms with E-state index in [1.807, 2.05) is 0 Å². The van der Waals surface area contributed by atoms with Gasteiger partial charge in [-0.05, 0) is 39.3 Å². The highest BCUT2D eigenvalue weighted by atomic mass is 19.3. The van der Waals surface area contributed by atoms with Crippen molar-refractivity contribution in [2.45, 2.75) is 45.8 Å². The molecule has 0 fully saturated rings. The molecule has 0 saturated carbocycles. The standard InChI is InChI=1S/C16H21F2NO4/c1-5-19(15(22)23-16(2,3)4)12(14(20)21)10-7-6-8-11(9-10)13(17)18/h6-9,12-13H,5H2,1-4H3,(H,20,21). The van der Waals surface area contributed by atoms with Gasteiger partial charge in [0, 0.05) is 12.1 Å². The van der Waals surface area contributed by atoms with Crippen LogP contribution in [0.15, 0.2) is 24.3 Å². The molecule has 1 unspecified atom stereocenters. The number of carbonyl (C=O) groups excluding carboxylic acids is 1. The van der Waals surface area contributed by atoms with Crippen molar-refractivity contribution in [3.63, 3.8) is 0 Å². The maximum atomic E-state index is 12.8. The van der Waals surface area contributed by atoms with E-state index in [0.29, 0.717) is 0 Å². The molecule has 1 atom stereocenters. The highest BCUT2D eigenvalue weighted by molar-refractivity contribution is 5.81. The Bertz CT molecular complexity index is 569. The molecule has 0 aliphatic heterocycles. The van der Waals surface area contributed by atoms with Gasteiger partial charge >= 0.3 is 12.1 Å². The summed E-state index contributed by atoms with van der Waals surface area (Å²) < 4.78 is 30.8.